The lowest BCUT2D eigenvalue weighted by Crippen LogP contribution is -2.03. The van der Waals surface area contributed by atoms with Crippen LogP contribution >= 0.6 is 11.8 Å². The standard InChI is InChI=1S/C10H17N3OS/c1-4-14-9-8(11)10(13-6-12-9)15-5-7(2)3/h6-7H,4-5,11H2,1-3H3. The van der Waals surface area contributed by atoms with E-state index in [0.29, 0.717) is 24.1 Å². The summed E-state index contributed by atoms with van der Waals surface area (Å²) in [6.45, 7) is 6.79. The third-order valence-corrected chi connectivity index (χ3v) is 3.08. The minimum absolute atomic E-state index is 0.485. The van der Waals surface area contributed by atoms with Gasteiger partial charge in [0.2, 0.25) is 5.88 Å². The number of hydrogen-bond acceptors (Lipinski definition) is 5. The quantitative estimate of drug-likeness (QED) is 0.617. The highest BCUT2D eigenvalue weighted by molar-refractivity contribution is 7.99. The van der Waals surface area contributed by atoms with E-state index in [1.54, 1.807) is 11.8 Å². The van der Waals surface area contributed by atoms with Crippen molar-refractivity contribution in [2.24, 2.45) is 5.92 Å². The van der Waals surface area contributed by atoms with Crippen LogP contribution in [-0.2, 0) is 0 Å². The number of nitrogen functional groups attached to an aromatic ring is 1. The Morgan fingerprint density at radius 1 is 1.47 bits per heavy atom. The Hall–Kier alpha value is -0.970. The molecule has 84 valence electrons. The van der Waals surface area contributed by atoms with E-state index in [1.165, 1.54) is 6.33 Å². The van der Waals surface area contributed by atoms with Crippen molar-refractivity contribution >= 4 is 17.4 Å². The zero-order valence-corrected chi connectivity index (χ0v) is 10.2. The maximum absolute atomic E-state index is 5.88. The molecule has 4 nitrogen and oxygen atoms in total. The van der Waals surface area contributed by atoms with E-state index in [-0.39, 0.29) is 0 Å². The average molecular weight is 227 g/mol. The molecular weight excluding hydrogens is 210 g/mol. The SMILES string of the molecule is CCOc1ncnc(SCC(C)C)c1N. The molecule has 1 aromatic rings. The number of nitrogens with two attached hydrogens (primary N) is 1. The van der Waals surface area contributed by atoms with Crippen molar-refractivity contribution in [1.29, 1.82) is 0 Å². The number of anilines is 1. The van der Waals surface area contributed by atoms with Gasteiger partial charge in [-0.3, -0.25) is 0 Å². The summed E-state index contributed by atoms with van der Waals surface area (Å²) in [5, 5.41) is 0.808. The zero-order chi connectivity index (χ0) is 11.3. The Morgan fingerprint density at radius 3 is 2.80 bits per heavy atom. The second-order valence-corrected chi connectivity index (χ2v) is 4.54. The molecule has 0 fully saturated rings. The van der Waals surface area contributed by atoms with Crippen molar-refractivity contribution in [2.45, 2.75) is 25.8 Å². The summed E-state index contributed by atoms with van der Waals surface area (Å²) < 4.78 is 5.29. The summed E-state index contributed by atoms with van der Waals surface area (Å²) in [7, 11) is 0. The van der Waals surface area contributed by atoms with E-state index in [4.69, 9.17) is 10.5 Å². The first-order valence-corrected chi connectivity index (χ1v) is 5.99. The first kappa shape index (κ1) is 12.1. The van der Waals surface area contributed by atoms with Crippen molar-refractivity contribution in [2.75, 3.05) is 18.1 Å². The van der Waals surface area contributed by atoms with Crippen LogP contribution in [0.25, 0.3) is 0 Å². The van der Waals surface area contributed by atoms with Gasteiger partial charge in [-0.2, -0.15) is 4.98 Å². The summed E-state index contributed by atoms with van der Waals surface area (Å²) in [5.41, 5.74) is 6.43. The molecular formula is C10H17N3OS. The van der Waals surface area contributed by atoms with Crippen LogP contribution in [0.4, 0.5) is 5.69 Å². The van der Waals surface area contributed by atoms with Gasteiger partial charge < -0.3 is 10.5 Å². The molecule has 0 bridgehead atoms. The van der Waals surface area contributed by atoms with E-state index >= 15 is 0 Å². The second-order valence-electron chi connectivity index (χ2n) is 3.54. The Balaban J connectivity index is 2.75. The topological polar surface area (TPSA) is 61.0 Å². The smallest absolute Gasteiger partial charge is 0.241 e. The fourth-order valence-electron chi connectivity index (χ4n) is 0.977. The number of thioether (sulfide) groups is 1. The number of rotatable bonds is 5. The van der Waals surface area contributed by atoms with Gasteiger partial charge >= 0.3 is 0 Å². The maximum Gasteiger partial charge on any atom is 0.241 e. The van der Waals surface area contributed by atoms with E-state index in [0.717, 1.165) is 10.8 Å². The first-order chi connectivity index (χ1) is 7.15. The van der Waals surface area contributed by atoms with Crippen LogP contribution in [-0.4, -0.2) is 22.3 Å². The minimum Gasteiger partial charge on any atom is -0.476 e. The van der Waals surface area contributed by atoms with Crippen LogP contribution in [0.5, 0.6) is 5.88 Å². The molecule has 0 saturated heterocycles. The van der Waals surface area contributed by atoms with E-state index < -0.39 is 0 Å². The summed E-state index contributed by atoms with van der Waals surface area (Å²) in [6, 6.07) is 0. The van der Waals surface area contributed by atoms with Crippen LogP contribution in [0.15, 0.2) is 11.4 Å². The number of nitrogens with zero attached hydrogens (tertiary/aromatic N) is 2. The van der Waals surface area contributed by atoms with Crippen molar-refractivity contribution in [3.63, 3.8) is 0 Å². The highest BCUT2D eigenvalue weighted by atomic mass is 32.2. The van der Waals surface area contributed by atoms with E-state index in [1.807, 2.05) is 6.92 Å². The van der Waals surface area contributed by atoms with Crippen LogP contribution in [0.3, 0.4) is 0 Å². The van der Waals surface area contributed by atoms with E-state index in [9.17, 15) is 0 Å². The largest absolute Gasteiger partial charge is 0.476 e. The van der Waals surface area contributed by atoms with Crippen LogP contribution < -0.4 is 10.5 Å². The maximum atomic E-state index is 5.88. The predicted octanol–water partition coefficient (Wildman–Crippen LogP) is 2.21. The van der Waals surface area contributed by atoms with Crippen LogP contribution in [0.1, 0.15) is 20.8 Å². The number of ether oxygens (including phenoxy) is 1. The lowest BCUT2D eigenvalue weighted by molar-refractivity contribution is 0.327. The lowest BCUT2D eigenvalue weighted by atomic mass is 10.3. The third-order valence-electron chi connectivity index (χ3n) is 1.65. The lowest BCUT2D eigenvalue weighted by Gasteiger charge is -2.09. The molecule has 1 aromatic heterocycles. The molecule has 0 amide bonds. The zero-order valence-electron chi connectivity index (χ0n) is 9.36. The van der Waals surface area contributed by atoms with Gasteiger partial charge in [0.05, 0.1) is 6.61 Å². The fourth-order valence-corrected chi connectivity index (χ4v) is 1.83. The highest BCUT2D eigenvalue weighted by Crippen LogP contribution is 2.29. The molecule has 0 aromatic carbocycles. The van der Waals surface area contributed by atoms with Crippen molar-refractivity contribution in [3.8, 4) is 5.88 Å². The molecule has 1 rings (SSSR count). The normalized spacial score (nSPS) is 10.7. The van der Waals surface area contributed by atoms with Crippen LogP contribution in [0, 0.1) is 5.92 Å². The minimum atomic E-state index is 0.485. The molecule has 15 heavy (non-hydrogen) atoms. The summed E-state index contributed by atoms with van der Waals surface area (Å²) in [5.74, 6) is 2.09. The van der Waals surface area contributed by atoms with Crippen molar-refractivity contribution < 1.29 is 4.74 Å². The molecule has 0 unspecified atom stereocenters. The molecule has 0 saturated carbocycles. The number of hydrogen-bond donors (Lipinski definition) is 1. The van der Waals surface area contributed by atoms with Gasteiger partial charge in [0.15, 0.2) is 0 Å². The fraction of sp³-hybridized carbons (Fsp3) is 0.600. The summed E-state index contributed by atoms with van der Waals surface area (Å²) in [4.78, 5) is 8.12. The Bertz CT molecular complexity index is 318. The van der Waals surface area contributed by atoms with Gasteiger partial charge in [-0.25, -0.2) is 4.98 Å². The Kier molecular flexibility index (Phi) is 4.68. The molecule has 2 N–H and O–H groups in total. The Labute approximate surface area is 94.6 Å². The molecule has 0 aliphatic heterocycles. The highest BCUT2D eigenvalue weighted by Gasteiger charge is 2.09. The van der Waals surface area contributed by atoms with Gasteiger partial charge in [0.25, 0.3) is 0 Å². The average Bonchev–Trinajstić information content (AvgIpc) is 2.19. The molecule has 0 aliphatic rings. The first-order valence-electron chi connectivity index (χ1n) is 5.01. The van der Waals surface area contributed by atoms with Crippen molar-refractivity contribution in [1.82, 2.24) is 9.97 Å². The van der Waals surface area contributed by atoms with Gasteiger partial charge in [-0.1, -0.05) is 13.8 Å². The molecule has 1 heterocycles. The second kappa shape index (κ2) is 5.80. The molecule has 0 radical (unpaired) electrons. The van der Waals surface area contributed by atoms with Crippen LogP contribution in [0.2, 0.25) is 0 Å². The predicted molar refractivity (Wildman–Crippen MR) is 63.2 cm³/mol. The Morgan fingerprint density at radius 2 is 2.20 bits per heavy atom. The van der Waals surface area contributed by atoms with Gasteiger partial charge in [0.1, 0.15) is 17.0 Å². The van der Waals surface area contributed by atoms with Crippen molar-refractivity contribution in [3.05, 3.63) is 6.33 Å². The molecule has 5 heteroatoms. The molecule has 0 aliphatic carbocycles. The van der Waals surface area contributed by atoms with E-state index in [2.05, 4.69) is 23.8 Å². The van der Waals surface area contributed by atoms with Gasteiger partial charge in [-0.15, -0.1) is 11.8 Å². The van der Waals surface area contributed by atoms with Gasteiger partial charge in [-0.05, 0) is 12.8 Å². The molecule has 0 atom stereocenters. The van der Waals surface area contributed by atoms with Gasteiger partial charge in [0, 0.05) is 5.75 Å². The summed E-state index contributed by atoms with van der Waals surface area (Å²) in [6.07, 6.45) is 1.49. The number of aromatic nitrogens is 2. The third kappa shape index (κ3) is 3.58. The molecule has 0 spiro atoms. The monoisotopic (exact) mass is 227 g/mol. The summed E-state index contributed by atoms with van der Waals surface area (Å²) >= 11 is 1.64.